The number of aryl methyl sites for hydroxylation is 1. The molecule has 3 aromatic carbocycles. The Morgan fingerprint density at radius 2 is 1.51 bits per heavy atom. The van der Waals surface area contributed by atoms with Crippen molar-refractivity contribution < 1.29 is 32.2 Å². The summed E-state index contributed by atoms with van der Waals surface area (Å²) in [5.41, 5.74) is 6.93. The third-order valence-corrected chi connectivity index (χ3v) is 12.6. The third-order valence-electron chi connectivity index (χ3n) is 10.7. The van der Waals surface area contributed by atoms with Gasteiger partial charge in [-0.3, -0.25) is 9.59 Å². The van der Waals surface area contributed by atoms with Gasteiger partial charge in [-0.2, -0.15) is 0 Å². The number of nitrogens with one attached hydrogen (secondary N) is 1. The van der Waals surface area contributed by atoms with Gasteiger partial charge in [-0.05, 0) is 71.6 Å². The maximum Gasteiger partial charge on any atom is 0.318 e. The molecule has 4 aliphatic carbocycles. The average molecular weight is 598 g/mol. The van der Waals surface area contributed by atoms with Crippen LogP contribution in [0.1, 0.15) is 64.5 Å². The standard InChI is InChI=1S/C34H31NO7S/c36-33(24-16-23-19-11-3-5-13-21(19)26(24)22-14-6-4-12-20(22)23)42-30-28-31-32(43(38,39)35-28)27(29(30)41-31)34(37)40-25-15-7-9-17-8-1-2-10-18(17)25/h3-7,9,11-15,23-24,26-32,35H,1-2,8,10,16H2. The Hall–Kier alpha value is -3.53. The quantitative estimate of drug-likeness (QED) is 0.361. The minimum Gasteiger partial charge on any atom is -0.458 e. The van der Waals surface area contributed by atoms with Crippen molar-refractivity contribution in [3.05, 3.63) is 100 Å². The first-order valence-corrected chi connectivity index (χ1v) is 16.8. The van der Waals surface area contributed by atoms with Gasteiger partial charge in [-0.25, -0.2) is 13.1 Å². The van der Waals surface area contributed by atoms with Crippen LogP contribution < -0.4 is 9.46 Å². The number of rotatable bonds is 4. The normalized spacial score (nSPS) is 35.1. The summed E-state index contributed by atoms with van der Waals surface area (Å²) < 4.78 is 47.5. The topological polar surface area (TPSA) is 108 Å². The molecular weight excluding hydrogens is 566 g/mol. The van der Waals surface area contributed by atoms with Crippen molar-refractivity contribution in [2.75, 3.05) is 0 Å². The zero-order valence-electron chi connectivity index (χ0n) is 23.3. The third kappa shape index (κ3) is 3.65. The van der Waals surface area contributed by atoms with Crippen molar-refractivity contribution in [2.45, 2.75) is 73.5 Å². The van der Waals surface area contributed by atoms with Gasteiger partial charge in [0.25, 0.3) is 0 Å². The first-order valence-electron chi connectivity index (χ1n) is 15.3. The van der Waals surface area contributed by atoms with E-state index in [9.17, 15) is 18.0 Å². The summed E-state index contributed by atoms with van der Waals surface area (Å²) in [6, 6.07) is 21.5. The highest BCUT2D eigenvalue weighted by Crippen LogP contribution is 2.56. The van der Waals surface area contributed by atoms with Crippen molar-refractivity contribution in [3.63, 3.8) is 0 Å². The number of esters is 2. The average Bonchev–Trinajstić information content (AvgIpc) is 3.64. The Morgan fingerprint density at radius 1 is 0.814 bits per heavy atom. The number of benzene rings is 3. The molecule has 43 heavy (non-hydrogen) atoms. The highest BCUT2D eigenvalue weighted by molar-refractivity contribution is 7.90. The van der Waals surface area contributed by atoms with Crippen LogP contribution in [0.2, 0.25) is 0 Å². The first kappa shape index (κ1) is 25.9. The van der Waals surface area contributed by atoms with Crippen molar-refractivity contribution in [3.8, 4) is 5.75 Å². The molecule has 4 bridgehead atoms. The zero-order chi connectivity index (χ0) is 29.0. The van der Waals surface area contributed by atoms with Gasteiger partial charge in [0.2, 0.25) is 10.0 Å². The highest BCUT2D eigenvalue weighted by Gasteiger charge is 2.72. The molecule has 7 unspecified atom stereocenters. The van der Waals surface area contributed by atoms with Crippen LogP contribution in [0.3, 0.4) is 0 Å². The Labute approximate surface area is 249 Å². The number of ether oxygens (including phenoxy) is 3. The first-order chi connectivity index (χ1) is 20.9. The molecule has 8 nitrogen and oxygen atoms in total. The number of sulfonamides is 1. The predicted molar refractivity (Wildman–Crippen MR) is 155 cm³/mol. The molecule has 3 saturated heterocycles. The lowest BCUT2D eigenvalue weighted by Crippen LogP contribution is -2.52. The molecule has 10 rings (SSSR count). The molecule has 9 heteroatoms. The van der Waals surface area contributed by atoms with E-state index >= 15 is 0 Å². The zero-order valence-corrected chi connectivity index (χ0v) is 24.2. The molecular formula is C34H31NO7S. The molecule has 7 aliphatic rings. The van der Waals surface area contributed by atoms with E-state index in [2.05, 4.69) is 29.0 Å². The molecule has 1 N–H and O–H groups in total. The van der Waals surface area contributed by atoms with Gasteiger partial charge >= 0.3 is 11.9 Å². The van der Waals surface area contributed by atoms with E-state index in [1.54, 1.807) is 6.07 Å². The van der Waals surface area contributed by atoms with Crippen LogP contribution in [0, 0.1) is 11.8 Å². The molecule has 3 fully saturated rings. The summed E-state index contributed by atoms with van der Waals surface area (Å²) in [5, 5.41) is -1.08. The second-order valence-electron chi connectivity index (χ2n) is 12.8. The largest absolute Gasteiger partial charge is 0.458 e. The van der Waals surface area contributed by atoms with Gasteiger partial charge in [0.05, 0.1) is 18.1 Å². The van der Waals surface area contributed by atoms with E-state index in [4.69, 9.17) is 14.2 Å². The number of hydrogen-bond donors (Lipinski definition) is 1. The maximum atomic E-state index is 14.0. The molecule has 0 spiro atoms. The molecule has 220 valence electrons. The molecule has 0 saturated carbocycles. The van der Waals surface area contributed by atoms with Crippen molar-refractivity contribution in [2.24, 2.45) is 11.8 Å². The van der Waals surface area contributed by atoms with Gasteiger partial charge in [0, 0.05) is 11.8 Å². The van der Waals surface area contributed by atoms with E-state index in [0.717, 1.165) is 47.9 Å². The van der Waals surface area contributed by atoms with Crippen LogP contribution in [0.4, 0.5) is 0 Å². The molecule has 0 aromatic heterocycles. The summed E-state index contributed by atoms with van der Waals surface area (Å²) in [5.74, 6) is -2.14. The van der Waals surface area contributed by atoms with Gasteiger partial charge in [-0.1, -0.05) is 60.7 Å². The van der Waals surface area contributed by atoms with Gasteiger partial charge in [0.1, 0.15) is 29.1 Å². The van der Waals surface area contributed by atoms with Crippen LogP contribution in [0.25, 0.3) is 0 Å². The van der Waals surface area contributed by atoms with E-state index in [1.807, 2.05) is 36.4 Å². The minimum absolute atomic E-state index is 0.0834. The minimum atomic E-state index is -3.88. The maximum absolute atomic E-state index is 14.0. The fraction of sp³-hybridized carbons (Fsp3) is 0.412. The summed E-state index contributed by atoms with van der Waals surface area (Å²) in [6.07, 6.45) is 1.86. The summed E-state index contributed by atoms with van der Waals surface area (Å²) in [4.78, 5) is 27.8. The summed E-state index contributed by atoms with van der Waals surface area (Å²) in [7, 11) is -3.88. The van der Waals surface area contributed by atoms with Gasteiger partial charge in [0.15, 0.2) is 0 Å². The number of carbonyl (C=O) groups excluding carboxylic acids is 2. The predicted octanol–water partition coefficient (Wildman–Crippen LogP) is 3.75. The number of fused-ring (bicyclic) bond motifs is 3. The molecule has 0 radical (unpaired) electrons. The van der Waals surface area contributed by atoms with Crippen LogP contribution in [-0.4, -0.2) is 50.0 Å². The smallest absolute Gasteiger partial charge is 0.318 e. The van der Waals surface area contributed by atoms with Crippen molar-refractivity contribution >= 4 is 22.0 Å². The fourth-order valence-electron chi connectivity index (χ4n) is 8.99. The molecule has 0 amide bonds. The van der Waals surface area contributed by atoms with E-state index in [-0.39, 0.29) is 17.8 Å². The van der Waals surface area contributed by atoms with Crippen molar-refractivity contribution in [1.82, 2.24) is 4.72 Å². The van der Waals surface area contributed by atoms with E-state index in [0.29, 0.717) is 12.2 Å². The SMILES string of the molecule is O=C(OC1C2NS(=O)(=O)C3C2OC1C3C(=O)Oc1cccc2c1CCCC2)C1CC2c3ccccc3C1c1ccccc12. The number of hydrogen-bond acceptors (Lipinski definition) is 7. The second kappa shape index (κ2) is 9.24. The Morgan fingerprint density at radius 3 is 2.26 bits per heavy atom. The Balaban J connectivity index is 1.02. The summed E-state index contributed by atoms with van der Waals surface area (Å²) in [6.45, 7) is 0. The Kier molecular flexibility index (Phi) is 5.57. The number of carbonyl (C=O) groups is 2. The monoisotopic (exact) mass is 597 g/mol. The lowest BCUT2D eigenvalue weighted by atomic mass is 9.59. The Bertz CT molecular complexity index is 1760. The highest BCUT2D eigenvalue weighted by atomic mass is 32.2. The molecule has 7 atom stereocenters. The molecule has 3 heterocycles. The van der Waals surface area contributed by atoms with Gasteiger partial charge < -0.3 is 14.2 Å². The van der Waals surface area contributed by atoms with Crippen LogP contribution in [-0.2, 0) is 41.9 Å². The van der Waals surface area contributed by atoms with Gasteiger partial charge in [-0.15, -0.1) is 0 Å². The van der Waals surface area contributed by atoms with Crippen LogP contribution >= 0.6 is 0 Å². The fourth-order valence-corrected chi connectivity index (χ4v) is 11.0. The van der Waals surface area contributed by atoms with Crippen LogP contribution in [0.5, 0.6) is 5.75 Å². The second-order valence-corrected chi connectivity index (χ2v) is 14.7. The molecule has 3 aliphatic heterocycles. The van der Waals surface area contributed by atoms with E-state index < -0.39 is 57.4 Å². The van der Waals surface area contributed by atoms with E-state index in [1.165, 1.54) is 11.1 Å². The van der Waals surface area contributed by atoms with Crippen LogP contribution in [0.15, 0.2) is 66.7 Å². The lowest BCUT2D eigenvalue weighted by molar-refractivity contribution is -0.162. The summed E-state index contributed by atoms with van der Waals surface area (Å²) >= 11 is 0. The lowest BCUT2D eigenvalue weighted by Gasteiger charge is -2.44. The molecule has 3 aromatic rings. The van der Waals surface area contributed by atoms with Crippen molar-refractivity contribution in [1.29, 1.82) is 0 Å².